The summed E-state index contributed by atoms with van der Waals surface area (Å²) in [5, 5.41) is 7.02. The van der Waals surface area contributed by atoms with Crippen LogP contribution in [0.2, 0.25) is 0 Å². The van der Waals surface area contributed by atoms with Crippen LogP contribution in [0.3, 0.4) is 0 Å². The van der Waals surface area contributed by atoms with Crippen LogP contribution >= 0.6 is 0 Å². The average Bonchev–Trinajstić information content (AvgIpc) is 2.58. The van der Waals surface area contributed by atoms with E-state index in [0.717, 1.165) is 44.8 Å². The molecule has 0 unspecified atom stereocenters. The number of fused-ring (bicyclic) bond motifs is 1. The summed E-state index contributed by atoms with van der Waals surface area (Å²) in [5.41, 5.74) is 1.21. The molecule has 2 fully saturated rings. The zero-order chi connectivity index (χ0) is 18.4. The Balaban J connectivity index is 1.68. The maximum atomic E-state index is 12.8. The van der Waals surface area contributed by atoms with Crippen molar-refractivity contribution in [3.63, 3.8) is 0 Å². The summed E-state index contributed by atoms with van der Waals surface area (Å²) in [5.74, 6) is 1.22. The van der Waals surface area contributed by atoms with Gasteiger partial charge in [0, 0.05) is 30.9 Å². The van der Waals surface area contributed by atoms with Gasteiger partial charge in [0.15, 0.2) is 0 Å². The monoisotopic (exact) mass is 365 g/mol. The molecule has 0 saturated carbocycles. The summed E-state index contributed by atoms with van der Waals surface area (Å²) in [7, 11) is 1.74. The van der Waals surface area contributed by atoms with Crippen LogP contribution in [0, 0.1) is 5.41 Å². The number of halogens is 3. The Morgan fingerprint density at radius 1 is 1.19 bits per heavy atom. The molecule has 2 saturated heterocycles. The number of hydrogen-bond acceptors (Lipinski definition) is 5. The minimum Gasteiger partial charge on any atom is -0.357 e. The summed E-state index contributed by atoms with van der Waals surface area (Å²) >= 11 is 0. The Morgan fingerprint density at radius 3 is 2.58 bits per heavy atom. The van der Waals surface area contributed by atoms with Gasteiger partial charge in [-0.15, -0.1) is 0 Å². The largest absolute Gasteiger partial charge is 0.393 e. The molecule has 0 amide bonds. The lowest BCUT2D eigenvalue weighted by atomic mass is 9.72. The third kappa shape index (κ3) is 3.30. The third-order valence-corrected chi connectivity index (χ3v) is 5.38. The van der Waals surface area contributed by atoms with Crippen molar-refractivity contribution in [2.45, 2.75) is 25.4 Å². The fourth-order valence-corrected chi connectivity index (χ4v) is 4.04. The van der Waals surface area contributed by atoms with Crippen molar-refractivity contribution in [1.29, 1.82) is 0 Å². The third-order valence-electron chi connectivity index (χ3n) is 5.38. The lowest BCUT2D eigenvalue weighted by molar-refractivity contribution is -0.127. The van der Waals surface area contributed by atoms with Gasteiger partial charge in [-0.25, -0.2) is 4.98 Å². The van der Waals surface area contributed by atoms with Crippen LogP contribution < -0.4 is 15.5 Å². The van der Waals surface area contributed by atoms with Gasteiger partial charge in [-0.1, -0.05) is 6.07 Å². The van der Waals surface area contributed by atoms with E-state index in [1.54, 1.807) is 19.2 Å². The number of rotatable bonds is 3. The summed E-state index contributed by atoms with van der Waals surface area (Å²) in [6.07, 6.45) is -2.91. The summed E-state index contributed by atoms with van der Waals surface area (Å²) in [4.78, 5) is 11.1. The molecule has 2 N–H and O–H groups in total. The fraction of sp³-hybridized carbons (Fsp3) is 0.556. The molecule has 4 rings (SSSR count). The molecule has 3 heterocycles. The molecular weight excluding hydrogens is 343 g/mol. The van der Waals surface area contributed by atoms with Crippen LogP contribution in [0.5, 0.6) is 0 Å². The smallest absolute Gasteiger partial charge is 0.357 e. The quantitative estimate of drug-likeness (QED) is 0.876. The number of nitrogens with zero attached hydrogens (tertiary/aromatic N) is 3. The van der Waals surface area contributed by atoms with E-state index in [-0.39, 0.29) is 5.56 Å². The van der Waals surface area contributed by atoms with Gasteiger partial charge >= 0.3 is 6.18 Å². The number of piperidine rings is 1. The Bertz CT molecular complexity index is 806. The van der Waals surface area contributed by atoms with Crippen LogP contribution in [0.25, 0.3) is 10.9 Å². The first-order valence-corrected chi connectivity index (χ1v) is 8.88. The Morgan fingerprint density at radius 2 is 1.92 bits per heavy atom. The Kier molecular flexibility index (Phi) is 4.17. The molecule has 2 aliphatic heterocycles. The number of benzene rings is 1. The first-order chi connectivity index (χ1) is 12.4. The molecule has 2 aromatic rings. The Hall–Kier alpha value is -2.09. The van der Waals surface area contributed by atoms with Crippen LogP contribution in [0.15, 0.2) is 18.2 Å². The minimum absolute atomic E-state index is 0.240. The van der Waals surface area contributed by atoms with E-state index in [9.17, 15) is 13.2 Å². The predicted octanol–water partition coefficient (Wildman–Crippen LogP) is 2.97. The highest BCUT2D eigenvalue weighted by molar-refractivity contribution is 5.91. The second-order valence-corrected chi connectivity index (χ2v) is 7.37. The second kappa shape index (κ2) is 6.26. The number of anilines is 2. The molecule has 0 atom stereocenters. The first kappa shape index (κ1) is 17.3. The maximum Gasteiger partial charge on any atom is 0.393 e. The van der Waals surface area contributed by atoms with Gasteiger partial charge in [0.2, 0.25) is 5.95 Å². The molecule has 5 nitrogen and oxygen atoms in total. The second-order valence-electron chi connectivity index (χ2n) is 7.37. The van der Waals surface area contributed by atoms with Crippen LogP contribution in [-0.2, 0) is 6.42 Å². The summed E-state index contributed by atoms with van der Waals surface area (Å²) in [6, 6.07) is 4.74. The zero-order valence-electron chi connectivity index (χ0n) is 14.7. The molecular formula is C18H22F3N5. The van der Waals surface area contributed by atoms with E-state index >= 15 is 0 Å². The molecule has 8 heteroatoms. The van der Waals surface area contributed by atoms with Crippen LogP contribution in [0.4, 0.5) is 24.9 Å². The number of aromatic nitrogens is 2. The summed E-state index contributed by atoms with van der Waals surface area (Å²) < 4.78 is 38.3. The van der Waals surface area contributed by atoms with Gasteiger partial charge in [-0.3, -0.25) is 0 Å². The van der Waals surface area contributed by atoms with Crippen molar-refractivity contribution >= 4 is 22.7 Å². The van der Waals surface area contributed by atoms with E-state index in [4.69, 9.17) is 0 Å². The molecule has 2 aliphatic rings. The van der Waals surface area contributed by atoms with E-state index < -0.39 is 12.6 Å². The molecule has 0 radical (unpaired) electrons. The minimum atomic E-state index is -4.23. The van der Waals surface area contributed by atoms with Gasteiger partial charge in [-0.2, -0.15) is 18.2 Å². The van der Waals surface area contributed by atoms with Gasteiger partial charge in [0.1, 0.15) is 5.82 Å². The van der Waals surface area contributed by atoms with E-state index in [2.05, 4.69) is 25.5 Å². The van der Waals surface area contributed by atoms with Crippen molar-refractivity contribution in [2.75, 3.05) is 43.4 Å². The lowest BCUT2D eigenvalue weighted by Gasteiger charge is -2.53. The van der Waals surface area contributed by atoms with Gasteiger partial charge < -0.3 is 15.5 Å². The number of nitrogens with one attached hydrogen (secondary N) is 2. The Labute approximate surface area is 150 Å². The number of hydrogen-bond donors (Lipinski definition) is 2. The molecule has 1 spiro atoms. The molecule has 26 heavy (non-hydrogen) atoms. The zero-order valence-corrected chi connectivity index (χ0v) is 14.7. The molecule has 140 valence electrons. The van der Waals surface area contributed by atoms with E-state index in [1.807, 2.05) is 0 Å². The fourth-order valence-electron chi connectivity index (χ4n) is 4.04. The van der Waals surface area contributed by atoms with Crippen LogP contribution in [-0.4, -0.2) is 49.4 Å². The highest BCUT2D eigenvalue weighted by Crippen LogP contribution is 2.42. The van der Waals surface area contributed by atoms with Crippen molar-refractivity contribution in [1.82, 2.24) is 15.3 Å². The van der Waals surface area contributed by atoms with Crippen molar-refractivity contribution in [3.8, 4) is 0 Å². The maximum absolute atomic E-state index is 12.8. The normalized spacial score (nSPS) is 19.6. The van der Waals surface area contributed by atoms with E-state index in [1.165, 1.54) is 6.07 Å². The molecule has 0 bridgehead atoms. The molecule has 0 aliphatic carbocycles. The van der Waals surface area contributed by atoms with Crippen molar-refractivity contribution < 1.29 is 13.2 Å². The predicted molar refractivity (Wildman–Crippen MR) is 95.6 cm³/mol. The lowest BCUT2D eigenvalue weighted by Crippen LogP contribution is -2.60. The SMILES string of the molecule is CNc1nc(N2CC3(CCNCC3)C2)c2cc(CC(F)(F)F)ccc2n1. The van der Waals surface area contributed by atoms with Crippen LogP contribution in [0.1, 0.15) is 18.4 Å². The van der Waals surface area contributed by atoms with E-state index in [0.29, 0.717) is 22.3 Å². The topological polar surface area (TPSA) is 53.1 Å². The number of alkyl halides is 3. The molecule has 1 aromatic heterocycles. The molecule has 1 aromatic carbocycles. The van der Waals surface area contributed by atoms with Gasteiger partial charge in [-0.05, 0) is 43.6 Å². The van der Waals surface area contributed by atoms with Crippen molar-refractivity contribution in [2.24, 2.45) is 5.41 Å². The highest BCUT2D eigenvalue weighted by atomic mass is 19.4. The standard InChI is InChI=1S/C18H22F3N5/c1-22-16-24-14-3-2-12(9-18(19,20)21)8-13(14)15(25-16)26-10-17(11-26)4-6-23-7-5-17/h2-3,8,23H,4-7,9-11H2,1H3,(H,22,24,25). The highest BCUT2D eigenvalue weighted by Gasteiger charge is 2.44. The summed E-state index contributed by atoms with van der Waals surface area (Å²) in [6.45, 7) is 3.84. The first-order valence-electron chi connectivity index (χ1n) is 8.88. The average molecular weight is 365 g/mol. The van der Waals surface area contributed by atoms with Gasteiger partial charge in [0.25, 0.3) is 0 Å². The van der Waals surface area contributed by atoms with Gasteiger partial charge in [0.05, 0.1) is 11.9 Å². The van der Waals surface area contributed by atoms with Crippen molar-refractivity contribution in [3.05, 3.63) is 23.8 Å².